The van der Waals surface area contributed by atoms with Crippen LogP contribution < -0.4 is 5.32 Å². The summed E-state index contributed by atoms with van der Waals surface area (Å²) in [5, 5.41) is 15.0. The van der Waals surface area contributed by atoms with E-state index in [2.05, 4.69) is 52.3 Å². The standard InChI is InChI=1S/C20H30N4OS2/c1-4-8-17-11-15(12-26-17)19-22-23-20(24(19)14(2)3)27-13-18(25)21-16-9-6-5-7-10-16/h11-12,14,16H,4-10,13H2,1-3H3,(H,21,25). The number of thiophene rings is 1. The van der Waals surface area contributed by atoms with Crippen LogP contribution in [0.3, 0.4) is 0 Å². The van der Waals surface area contributed by atoms with Crippen molar-refractivity contribution < 1.29 is 4.79 Å². The molecule has 5 nitrogen and oxygen atoms in total. The Kier molecular flexibility index (Phi) is 7.35. The largest absolute Gasteiger partial charge is 0.353 e. The first-order chi connectivity index (χ1) is 13.1. The first-order valence-corrected chi connectivity index (χ1v) is 11.9. The fourth-order valence-electron chi connectivity index (χ4n) is 3.56. The van der Waals surface area contributed by atoms with Crippen molar-refractivity contribution in [3.05, 3.63) is 16.3 Å². The molecule has 1 amide bonds. The van der Waals surface area contributed by atoms with Gasteiger partial charge in [0.2, 0.25) is 5.91 Å². The Morgan fingerprint density at radius 1 is 1.33 bits per heavy atom. The molecule has 1 aliphatic rings. The Bertz CT molecular complexity index is 747. The molecule has 7 heteroatoms. The van der Waals surface area contributed by atoms with Crippen molar-refractivity contribution in [1.82, 2.24) is 20.1 Å². The lowest BCUT2D eigenvalue weighted by molar-refractivity contribution is -0.119. The molecule has 0 aliphatic heterocycles. The zero-order valence-electron chi connectivity index (χ0n) is 16.5. The van der Waals surface area contributed by atoms with E-state index in [4.69, 9.17) is 0 Å². The summed E-state index contributed by atoms with van der Waals surface area (Å²) in [5.41, 5.74) is 1.13. The summed E-state index contributed by atoms with van der Waals surface area (Å²) in [6.07, 6.45) is 8.22. The highest BCUT2D eigenvalue weighted by molar-refractivity contribution is 7.99. The summed E-state index contributed by atoms with van der Waals surface area (Å²) < 4.78 is 2.15. The van der Waals surface area contributed by atoms with Crippen molar-refractivity contribution in [1.29, 1.82) is 0 Å². The Balaban J connectivity index is 1.66. The molecule has 1 fully saturated rings. The minimum absolute atomic E-state index is 0.104. The maximum atomic E-state index is 12.3. The second-order valence-electron chi connectivity index (χ2n) is 7.51. The van der Waals surface area contributed by atoms with Crippen LogP contribution in [0.25, 0.3) is 11.4 Å². The Morgan fingerprint density at radius 3 is 2.81 bits per heavy atom. The Morgan fingerprint density at radius 2 is 2.11 bits per heavy atom. The molecule has 27 heavy (non-hydrogen) atoms. The molecule has 0 unspecified atom stereocenters. The topological polar surface area (TPSA) is 59.8 Å². The fraction of sp³-hybridized carbons (Fsp3) is 0.650. The summed E-state index contributed by atoms with van der Waals surface area (Å²) in [4.78, 5) is 13.7. The van der Waals surface area contributed by atoms with Gasteiger partial charge in [0.25, 0.3) is 0 Å². The number of amides is 1. The summed E-state index contributed by atoms with van der Waals surface area (Å²) in [7, 11) is 0. The van der Waals surface area contributed by atoms with Crippen molar-refractivity contribution in [2.75, 3.05) is 5.75 Å². The van der Waals surface area contributed by atoms with E-state index >= 15 is 0 Å². The van der Waals surface area contributed by atoms with E-state index in [0.29, 0.717) is 11.8 Å². The maximum absolute atomic E-state index is 12.3. The predicted octanol–water partition coefficient (Wildman–Crippen LogP) is 5.08. The van der Waals surface area contributed by atoms with Crippen LogP contribution in [0.5, 0.6) is 0 Å². The monoisotopic (exact) mass is 406 g/mol. The lowest BCUT2D eigenvalue weighted by Crippen LogP contribution is -2.37. The normalized spacial score (nSPS) is 15.4. The molecule has 0 radical (unpaired) electrons. The average molecular weight is 407 g/mol. The van der Waals surface area contributed by atoms with Gasteiger partial charge in [-0.3, -0.25) is 9.36 Å². The van der Waals surface area contributed by atoms with Gasteiger partial charge in [-0.05, 0) is 39.2 Å². The number of nitrogens with one attached hydrogen (secondary N) is 1. The number of rotatable bonds is 8. The smallest absolute Gasteiger partial charge is 0.230 e. The molecule has 0 saturated heterocycles. The Hall–Kier alpha value is -1.34. The van der Waals surface area contributed by atoms with Gasteiger partial charge < -0.3 is 5.32 Å². The molecule has 148 valence electrons. The van der Waals surface area contributed by atoms with E-state index < -0.39 is 0 Å². The van der Waals surface area contributed by atoms with Crippen LogP contribution in [0.1, 0.15) is 70.2 Å². The van der Waals surface area contributed by atoms with Crippen LogP contribution in [0, 0.1) is 0 Å². The molecule has 2 aromatic heterocycles. The van der Waals surface area contributed by atoms with Crippen LogP contribution in [0.2, 0.25) is 0 Å². The lowest BCUT2D eigenvalue weighted by Gasteiger charge is -2.22. The van der Waals surface area contributed by atoms with Gasteiger partial charge in [0.1, 0.15) is 0 Å². The van der Waals surface area contributed by atoms with Crippen LogP contribution in [-0.2, 0) is 11.2 Å². The van der Waals surface area contributed by atoms with Crippen molar-refractivity contribution in [3.8, 4) is 11.4 Å². The third-order valence-electron chi connectivity index (χ3n) is 4.89. The number of thioether (sulfide) groups is 1. The number of carbonyl (C=O) groups excluding carboxylic acids is 1. The number of hydrogen-bond acceptors (Lipinski definition) is 5. The van der Waals surface area contributed by atoms with Crippen LogP contribution >= 0.6 is 23.1 Å². The van der Waals surface area contributed by atoms with Crippen molar-refractivity contribution in [3.63, 3.8) is 0 Å². The fourth-order valence-corrected chi connectivity index (χ4v) is 5.41. The summed E-state index contributed by atoms with van der Waals surface area (Å²) >= 11 is 3.27. The molecular weight excluding hydrogens is 376 g/mol. The number of carbonyl (C=O) groups is 1. The first-order valence-electron chi connectivity index (χ1n) is 10.0. The van der Waals surface area contributed by atoms with Gasteiger partial charge >= 0.3 is 0 Å². The molecule has 2 heterocycles. The van der Waals surface area contributed by atoms with E-state index in [1.165, 1.54) is 35.9 Å². The van der Waals surface area contributed by atoms with E-state index in [0.717, 1.165) is 42.2 Å². The van der Waals surface area contributed by atoms with Gasteiger partial charge in [0, 0.05) is 27.9 Å². The van der Waals surface area contributed by atoms with E-state index in [9.17, 15) is 4.79 Å². The lowest BCUT2D eigenvalue weighted by atomic mass is 9.95. The Labute approximate surface area is 170 Å². The predicted molar refractivity (Wildman–Crippen MR) is 113 cm³/mol. The molecule has 0 atom stereocenters. The molecule has 0 spiro atoms. The van der Waals surface area contributed by atoms with Gasteiger partial charge in [-0.25, -0.2) is 0 Å². The highest BCUT2D eigenvalue weighted by atomic mass is 32.2. The number of aromatic nitrogens is 3. The van der Waals surface area contributed by atoms with Gasteiger partial charge in [-0.2, -0.15) is 0 Å². The number of hydrogen-bond donors (Lipinski definition) is 1. The van der Waals surface area contributed by atoms with Crippen molar-refractivity contribution >= 4 is 29.0 Å². The summed E-state index contributed by atoms with van der Waals surface area (Å²) in [5.74, 6) is 1.40. The van der Waals surface area contributed by atoms with Gasteiger partial charge in [-0.15, -0.1) is 21.5 Å². The second-order valence-corrected chi connectivity index (χ2v) is 9.45. The molecule has 0 aromatic carbocycles. The highest BCUT2D eigenvalue weighted by Crippen LogP contribution is 2.31. The van der Waals surface area contributed by atoms with Gasteiger partial charge in [0.15, 0.2) is 11.0 Å². The van der Waals surface area contributed by atoms with Crippen LogP contribution in [0.15, 0.2) is 16.6 Å². The van der Waals surface area contributed by atoms with Crippen molar-refractivity contribution in [2.45, 2.75) is 83.0 Å². The zero-order chi connectivity index (χ0) is 19.2. The highest BCUT2D eigenvalue weighted by Gasteiger charge is 2.20. The van der Waals surface area contributed by atoms with Crippen LogP contribution in [0.4, 0.5) is 0 Å². The third kappa shape index (κ3) is 5.35. The zero-order valence-corrected chi connectivity index (χ0v) is 18.2. The first kappa shape index (κ1) is 20.4. The molecule has 1 N–H and O–H groups in total. The molecule has 1 aliphatic carbocycles. The van der Waals surface area contributed by atoms with Gasteiger partial charge in [-0.1, -0.05) is 44.4 Å². The van der Waals surface area contributed by atoms with E-state index in [1.807, 2.05) is 0 Å². The van der Waals surface area contributed by atoms with Crippen molar-refractivity contribution in [2.24, 2.45) is 0 Å². The quantitative estimate of drug-likeness (QED) is 0.621. The second kappa shape index (κ2) is 9.73. The molecule has 1 saturated carbocycles. The number of aryl methyl sites for hydroxylation is 1. The molecule has 0 bridgehead atoms. The summed E-state index contributed by atoms with van der Waals surface area (Å²) in [6.45, 7) is 6.47. The third-order valence-corrected chi connectivity index (χ3v) is 6.83. The minimum atomic E-state index is 0.104. The van der Waals surface area contributed by atoms with Crippen LogP contribution in [-0.4, -0.2) is 32.5 Å². The summed E-state index contributed by atoms with van der Waals surface area (Å²) in [6, 6.07) is 2.82. The molecule has 3 rings (SSSR count). The minimum Gasteiger partial charge on any atom is -0.353 e. The molecular formula is C20H30N4OS2. The average Bonchev–Trinajstić information content (AvgIpc) is 3.27. The molecule has 2 aromatic rings. The number of nitrogens with zero attached hydrogens (tertiary/aromatic N) is 3. The van der Waals surface area contributed by atoms with Gasteiger partial charge in [0.05, 0.1) is 5.75 Å². The van der Waals surface area contributed by atoms with E-state index in [1.54, 1.807) is 11.3 Å². The maximum Gasteiger partial charge on any atom is 0.230 e. The van der Waals surface area contributed by atoms with E-state index in [-0.39, 0.29) is 11.9 Å². The SMILES string of the molecule is CCCc1cc(-c2nnc(SCC(=O)NC3CCCCC3)n2C(C)C)cs1.